The van der Waals surface area contributed by atoms with E-state index in [-0.39, 0.29) is 22.5 Å². The zero-order valence-electron chi connectivity index (χ0n) is 24.0. The first-order valence-electron chi connectivity index (χ1n) is 12.7. The number of hydrogen-bond donors (Lipinski definition) is 0. The summed E-state index contributed by atoms with van der Waals surface area (Å²) in [4.78, 5) is 60.9. The number of benzene rings is 1. The molecule has 228 valence electrons. The summed E-state index contributed by atoms with van der Waals surface area (Å²) in [6.07, 6.45) is -2.74. The Balaban J connectivity index is 2.21. The number of hydrogen-bond acceptors (Lipinski definition) is 14. The fourth-order valence-electron chi connectivity index (χ4n) is 4.02. The third-order valence-corrected chi connectivity index (χ3v) is 5.50. The normalized spacial score (nSPS) is 20.7. The number of carbonyl (C=O) groups excluding carboxylic acids is 4. The van der Waals surface area contributed by atoms with Gasteiger partial charge in [-0.05, 0) is 12.1 Å². The van der Waals surface area contributed by atoms with Crippen molar-refractivity contribution >= 4 is 34.8 Å². The van der Waals surface area contributed by atoms with Gasteiger partial charge in [0.15, 0.2) is 18.0 Å². The summed E-state index contributed by atoms with van der Waals surface area (Å²) in [6, 6.07) is 4.34. The van der Waals surface area contributed by atoms with Gasteiger partial charge in [-0.15, -0.1) is 0 Å². The molecule has 0 spiro atoms. The highest BCUT2D eigenvalue weighted by Gasteiger charge is 2.53. The second-order valence-corrected chi connectivity index (χ2v) is 8.80. The smallest absolute Gasteiger partial charge is 0.384 e. The van der Waals surface area contributed by atoms with E-state index in [1.165, 1.54) is 25.1 Å². The SMILES string of the molecule is CC#COc1ccc2c(O[C@@H]3O[C@H](COC(C)=O)[C@H](OC(C)=O)[C@H](OC(C)=O)[C@H]3OC(C)=O)c(OC#CC)c(=O)oc2c1. The summed E-state index contributed by atoms with van der Waals surface area (Å²) in [6.45, 7) is 6.93. The number of ether oxygens (including phenoxy) is 8. The standard InChI is InChI=1S/C29H28O14/c1-7-11-35-19-9-10-20-21(13-19)41-28(34)26(36-12-8-2)23(20)43-29-27(40-18(6)33)25(39-17(5)32)24(38-16(4)31)22(42-29)14-37-15(3)30/h9-10,13,22,24-25,27,29H,14H2,1-6H3/t22-,24+,25+,27-,29+/m1/s1. The first-order chi connectivity index (χ1) is 20.4. The highest BCUT2D eigenvalue weighted by Crippen LogP contribution is 2.38. The largest absolute Gasteiger partial charge is 0.463 e. The van der Waals surface area contributed by atoms with Gasteiger partial charge in [-0.1, -0.05) is 11.8 Å². The molecule has 1 saturated heterocycles. The lowest BCUT2D eigenvalue weighted by Gasteiger charge is -2.43. The van der Waals surface area contributed by atoms with Crippen LogP contribution in [0.25, 0.3) is 11.0 Å². The molecule has 0 aliphatic carbocycles. The quantitative estimate of drug-likeness (QED) is 0.177. The van der Waals surface area contributed by atoms with Crippen molar-refractivity contribution in [2.75, 3.05) is 6.61 Å². The maximum Gasteiger partial charge on any atom is 0.384 e. The van der Waals surface area contributed by atoms with E-state index in [1.54, 1.807) is 6.92 Å². The fraction of sp³-hybridized carbons (Fsp3) is 0.414. The lowest BCUT2D eigenvalue weighted by molar-refractivity contribution is -0.288. The summed E-state index contributed by atoms with van der Waals surface area (Å²) in [5.74, 6) is 1.37. The maximum absolute atomic E-state index is 13.0. The van der Waals surface area contributed by atoms with Gasteiger partial charge in [-0.3, -0.25) is 19.2 Å². The molecule has 3 rings (SSSR count). The van der Waals surface area contributed by atoms with Crippen molar-refractivity contribution in [3.05, 3.63) is 28.6 Å². The Labute approximate surface area is 245 Å². The molecule has 0 unspecified atom stereocenters. The average molecular weight is 601 g/mol. The minimum absolute atomic E-state index is 0.0159. The molecular weight excluding hydrogens is 572 g/mol. The van der Waals surface area contributed by atoms with Crippen molar-refractivity contribution in [3.8, 4) is 41.3 Å². The molecule has 2 aromatic rings. The topological polar surface area (TPSA) is 172 Å². The zero-order valence-corrected chi connectivity index (χ0v) is 24.0. The van der Waals surface area contributed by atoms with E-state index in [1.807, 2.05) is 0 Å². The van der Waals surface area contributed by atoms with Crippen LogP contribution in [-0.2, 0) is 42.9 Å². The Morgan fingerprint density at radius 2 is 1.40 bits per heavy atom. The molecule has 14 nitrogen and oxygen atoms in total. The molecule has 14 heteroatoms. The van der Waals surface area contributed by atoms with Gasteiger partial charge < -0.3 is 42.3 Å². The highest BCUT2D eigenvalue weighted by molar-refractivity contribution is 5.87. The molecule has 0 radical (unpaired) electrons. The molecule has 2 heterocycles. The Morgan fingerprint density at radius 1 is 0.791 bits per heavy atom. The minimum atomic E-state index is -1.66. The molecule has 0 saturated carbocycles. The number of fused-ring (bicyclic) bond motifs is 1. The van der Waals surface area contributed by atoms with Crippen LogP contribution in [0.2, 0.25) is 0 Å². The van der Waals surface area contributed by atoms with Gasteiger partial charge in [0.05, 0.1) is 5.39 Å². The molecule has 1 aromatic carbocycles. The predicted molar refractivity (Wildman–Crippen MR) is 143 cm³/mol. The first-order valence-corrected chi connectivity index (χ1v) is 12.7. The van der Waals surface area contributed by atoms with Crippen LogP contribution in [0.1, 0.15) is 41.5 Å². The molecular formula is C29H28O14. The lowest BCUT2D eigenvalue weighted by Crippen LogP contribution is -2.63. The van der Waals surface area contributed by atoms with Crippen molar-refractivity contribution < 1.29 is 61.5 Å². The summed E-state index contributed by atoms with van der Waals surface area (Å²) in [7, 11) is 0. The van der Waals surface area contributed by atoms with E-state index in [0.717, 1.165) is 27.7 Å². The average Bonchev–Trinajstić information content (AvgIpc) is 2.92. The van der Waals surface area contributed by atoms with Crippen molar-refractivity contribution in [2.45, 2.75) is 72.2 Å². The Bertz CT molecular complexity index is 1570. The van der Waals surface area contributed by atoms with Crippen LogP contribution < -0.4 is 19.8 Å². The van der Waals surface area contributed by atoms with Gasteiger partial charge >= 0.3 is 29.5 Å². The van der Waals surface area contributed by atoms with E-state index in [2.05, 4.69) is 24.1 Å². The van der Waals surface area contributed by atoms with Crippen LogP contribution in [0.15, 0.2) is 27.4 Å². The third-order valence-electron chi connectivity index (χ3n) is 5.50. The molecule has 43 heavy (non-hydrogen) atoms. The minimum Gasteiger partial charge on any atom is -0.463 e. The van der Waals surface area contributed by atoms with Crippen molar-refractivity contribution in [1.82, 2.24) is 0 Å². The summed E-state index contributed by atoms with van der Waals surface area (Å²) in [5.41, 5.74) is -1.02. The molecule has 1 aromatic heterocycles. The first kappa shape index (κ1) is 32.3. The Hall–Kier alpha value is -5.21. The molecule has 1 aliphatic rings. The third kappa shape index (κ3) is 8.40. The van der Waals surface area contributed by atoms with Crippen LogP contribution >= 0.6 is 0 Å². The molecule has 1 aliphatic heterocycles. The van der Waals surface area contributed by atoms with Gasteiger partial charge in [0.2, 0.25) is 12.4 Å². The van der Waals surface area contributed by atoms with E-state index in [0.29, 0.717) is 0 Å². The maximum atomic E-state index is 13.0. The fourth-order valence-corrected chi connectivity index (χ4v) is 4.02. The van der Waals surface area contributed by atoms with Gasteiger partial charge in [-0.2, -0.15) is 0 Å². The molecule has 0 N–H and O–H groups in total. The summed E-state index contributed by atoms with van der Waals surface area (Å²) >= 11 is 0. The number of esters is 4. The summed E-state index contributed by atoms with van der Waals surface area (Å²) in [5, 5.41) is 0.164. The van der Waals surface area contributed by atoms with Gasteiger partial charge in [-0.25, -0.2) is 4.79 Å². The second kappa shape index (κ2) is 14.6. The van der Waals surface area contributed by atoms with Crippen LogP contribution in [0.4, 0.5) is 0 Å². The Morgan fingerprint density at radius 3 is 2.00 bits per heavy atom. The van der Waals surface area contributed by atoms with Crippen molar-refractivity contribution in [2.24, 2.45) is 0 Å². The van der Waals surface area contributed by atoms with Gasteiger partial charge in [0, 0.05) is 47.6 Å². The van der Waals surface area contributed by atoms with Gasteiger partial charge in [0.25, 0.3) is 5.75 Å². The van der Waals surface area contributed by atoms with E-state index >= 15 is 0 Å². The van der Waals surface area contributed by atoms with Crippen molar-refractivity contribution in [3.63, 3.8) is 0 Å². The van der Waals surface area contributed by atoms with Gasteiger partial charge in [0.1, 0.15) is 36.3 Å². The highest BCUT2D eigenvalue weighted by atomic mass is 16.7. The number of rotatable bonds is 9. The summed E-state index contributed by atoms with van der Waals surface area (Å²) < 4.78 is 49.4. The second-order valence-electron chi connectivity index (χ2n) is 8.80. The monoisotopic (exact) mass is 600 g/mol. The number of carbonyl (C=O) groups is 4. The van der Waals surface area contributed by atoms with Crippen LogP contribution in [0.3, 0.4) is 0 Å². The lowest BCUT2D eigenvalue weighted by atomic mass is 9.98. The van der Waals surface area contributed by atoms with Crippen LogP contribution in [0.5, 0.6) is 17.2 Å². The van der Waals surface area contributed by atoms with Crippen LogP contribution in [0, 0.1) is 24.1 Å². The molecule has 5 atom stereocenters. The molecule has 0 amide bonds. The van der Waals surface area contributed by atoms with E-state index in [4.69, 9.17) is 42.3 Å². The Kier molecular flexibility index (Phi) is 11.0. The van der Waals surface area contributed by atoms with E-state index < -0.39 is 72.6 Å². The zero-order chi connectivity index (χ0) is 31.7. The van der Waals surface area contributed by atoms with Crippen LogP contribution in [-0.4, -0.2) is 61.2 Å². The van der Waals surface area contributed by atoms with E-state index in [9.17, 15) is 24.0 Å². The predicted octanol–water partition coefficient (Wildman–Crippen LogP) is 1.97. The molecule has 0 bridgehead atoms. The van der Waals surface area contributed by atoms with Crippen molar-refractivity contribution in [1.29, 1.82) is 0 Å². The molecule has 1 fully saturated rings.